The van der Waals surface area contributed by atoms with Gasteiger partial charge in [-0.25, -0.2) is 9.78 Å². The highest BCUT2D eigenvalue weighted by Gasteiger charge is 2.12. The number of carboxylic acid groups (broad SMARTS) is 1. The van der Waals surface area contributed by atoms with Crippen molar-refractivity contribution in [3.63, 3.8) is 0 Å². The number of nitrogens with zero attached hydrogens (tertiary/aromatic N) is 4. The van der Waals surface area contributed by atoms with E-state index in [1.54, 1.807) is 30.5 Å². The van der Waals surface area contributed by atoms with Gasteiger partial charge in [-0.3, -0.25) is 4.99 Å². The van der Waals surface area contributed by atoms with Gasteiger partial charge in [0.05, 0.1) is 16.3 Å². The second-order valence-electron chi connectivity index (χ2n) is 8.45. The summed E-state index contributed by atoms with van der Waals surface area (Å²) in [4.78, 5) is 22.4. The summed E-state index contributed by atoms with van der Waals surface area (Å²) in [5, 5.41) is 10.3. The molecule has 1 aliphatic rings. The maximum absolute atomic E-state index is 11.2. The van der Waals surface area contributed by atoms with Gasteiger partial charge in [0.2, 0.25) is 0 Å². The number of rotatable bonds is 7. The van der Waals surface area contributed by atoms with Crippen molar-refractivity contribution in [2.45, 2.75) is 6.54 Å². The van der Waals surface area contributed by atoms with Crippen LogP contribution in [0, 0.1) is 0 Å². The maximum atomic E-state index is 11.2. The number of allylic oxidation sites excluding steroid dienone is 1. The average molecular weight is 529 g/mol. The third-order valence-electron chi connectivity index (χ3n) is 5.91. The van der Waals surface area contributed by atoms with Crippen molar-refractivity contribution in [1.82, 2.24) is 9.55 Å². The fourth-order valence-corrected chi connectivity index (χ4v) is 4.47. The highest BCUT2D eigenvalue weighted by Crippen LogP contribution is 2.30. The van der Waals surface area contributed by atoms with Crippen LogP contribution in [-0.2, 0) is 6.54 Å². The van der Waals surface area contributed by atoms with E-state index in [-0.39, 0.29) is 5.56 Å². The van der Waals surface area contributed by atoms with Crippen molar-refractivity contribution in [3.8, 4) is 11.3 Å². The van der Waals surface area contributed by atoms with Crippen LogP contribution in [-0.4, -0.2) is 33.5 Å². The lowest BCUT2D eigenvalue weighted by Crippen LogP contribution is -2.18. The van der Waals surface area contributed by atoms with Crippen LogP contribution >= 0.6 is 23.2 Å². The number of carboxylic acids is 1. The number of aromatic nitrogens is 2. The molecular weight excluding hydrogens is 507 g/mol. The molecule has 0 saturated heterocycles. The summed E-state index contributed by atoms with van der Waals surface area (Å²) in [6, 6.07) is 20.4. The molecule has 184 valence electrons. The summed E-state index contributed by atoms with van der Waals surface area (Å²) in [5.74, 6) is -0.215. The Balaban J connectivity index is 1.44. The SMILES string of the molecule is O=C(O)c1ccc(Cn2cc(-c3ccc(Cl)cc3Cl)nc2/C=C/c2ccc(N3C=CC=NC3)cc2)cc1. The van der Waals surface area contributed by atoms with Crippen molar-refractivity contribution in [2.75, 3.05) is 11.6 Å². The first-order valence-corrected chi connectivity index (χ1v) is 12.3. The molecule has 6 nitrogen and oxygen atoms in total. The van der Waals surface area contributed by atoms with Crippen molar-refractivity contribution in [1.29, 1.82) is 0 Å². The van der Waals surface area contributed by atoms with Gasteiger partial charge in [0.25, 0.3) is 0 Å². The predicted molar refractivity (Wildman–Crippen MR) is 151 cm³/mol. The van der Waals surface area contributed by atoms with Crippen LogP contribution in [0.5, 0.6) is 0 Å². The molecule has 0 unspecified atom stereocenters. The van der Waals surface area contributed by atoms with Crippen LogP contribution < -0.4 is 4.90 Å². The summed E-state index contributed by atoms with van der Waals surface area (Å²) in [5.41, 5.74) is 4.79. The van der Waals surface area contributed by atoms with Crippen molar-refractivity contribution in [2.24, 2.45) is 4.99 Å². The molecule has 0 aliphatic carbocycles. The van der Waals surface area contributed by atoms with Gasteiger partial charge in [0.15, 0.2) is 0 Å². The van der Waals surface area contributed by atoms with Crippen molar-refractivity contribution < 1.29 is 9.90 Å². The third kappa shape index (κ3) is 5.82. The van der Waals surface area contributed by atoms with E-state index in [2.05, 4.69) is 22.0 Å². The smallest absolute Gasteiger partial charge is 0.335 e. The van der Waals surface area contributed by atoms with E-state index in [0.29, 0.717) is 23.3 Å². The van der Waals surface area contributed by atoms with E-state index in [1.165, 1.54) is 0 Å². The molecule has 2 heterocycles. The summed E-state index contributed by atoms with van der Waals surface area (Å²) in [7, 11) is 0. The van der Waals surface area contributed by atoms with Crippen LogP contribution in [0.3, 0.4) is 0 Å². The first-order chi connectivity index (χ1) is 18.0. The molecule has 0 atom stereocenters. The zero-order chi connectivity index (χ0) is 25.8. The molecule has 1 aromatic heterocycles. The molecule has 0 saturated carbocycles. The van der Waals surface area contributed by atoms with Crippen LogP contribution in [0.1, 0.15) is 27.3 Å². The zero-order valence-electron chi connectivity index (χ0n) is 19.6. The normalized spacial score (nSPS) is 13.0. The van der Waals surface area contributed by atoms with Gasteiger partial charge in [-0.2, -0.15) is 0 Å². The number of aliphatic imine (C=N–C) groups is 1. The Morgan fingerprint density at radius 2 is 1.78 bits per heavy atom. The molecule has 5 rings (SSSR count). The summed E-state index contributed by atoms with van der Waals surface area (Å²) in [6.07, 6.45) is 11.6. The largest absolute Gasteiger partial charge is 0.478 e. The Morgan fingerprint density at radius 3 is 2.46 bits per heavy atom. The zero-order valence-corrected chi connectivity index (χ0v) is 21.1. The summed E-state index contributed by atoms with van der Waals surface area (Å²) < 4.78 is 2.01. The monoisotopic (exact) mass is 528 g/mol. The third-order valence-corrected chi connectivity index (χ3v) is 6.46. The van der Waals surface area contributed by atoms with Gasteiger partial charge < -0.3 is 14.6 Å². The maximum Gasteiger partial charge on any atom is 0.335 e. The van der Waals surface area contributed by atoms with Crippen LogP contribution in [0.15, 0.2) is 90.2 Å². The highest BCUT2D eigenvalue weighted by molar-refractivity contribution is 6.36. The second kappa shape index (κ2) is 10.9. The fraction of sp³-hybridized carbons (Fsp3) is 0.0690. The minimum atomic E-state index is -0.951. The van der Waals surface area contributed by atoms with Gasteiger partial charge in [-0.05, 0) is 65.7 Å². The van der Waals surface area contributed by atoms with Gasteiger partial charge in [-0.15, -0.1) is 0 Å². The van der Waals surface area contributed by atoms with E-state index in [9.17, 15) is 9.90 Å². The number of imidazole rings is 1. The lowest BCUT2D eigenvalue weighted by atomic mass is 10.1. The van der Waals surface area contributed by atoms with E-state index in [1.807, 2.05) is 65.5 Å². The number of anilines is 1. The van der Waals surface area contributed by atoms with Crippen molar-refractivity contribution >= 4 is 53.2 Å². The second-order valence-corrected chi connectivity index (χ2v) is 9.29. The number of benzene rings is 3. The minimum Gasteiger partial charge on any atom is -0.478 e. The number of carbonyl (C=O) groups is 1. The Labute approximate surface area is 224 Å². The first-order valence-electron chi connectivity index (χ1n) is 11.5. The Morgan fingerprint density at radius 1 is 1.00 bits per heavy atom. The minimum absolute atomic E-state index is 0.249. The Kier molecular flexibility index (Phi) is 7.21. The molecular formula is C29H22Cl2N4O2. The van der Waals surface area contributed by atoms with Gasteiger partial charge >= 0.3 is 5.97 Å². The lowest BCUT2D eigenvalue weighted by molar-refractivity contribution is 0.0697. The molecule has 0 bridgehead atoms. The van der Waals surface area contributed by atoms with E-state index in [0.717, 1.165) is 33.9 Å². The molecule has 3 aromatic carbocycles. The van der Waals surface area contributed by atoms with Gasteiger partial charge in [0, 0.05) is 41.4 Å². The van der Waals surface area contributed by atoms with Crippen LogP contribution in [0.25, 0.3) is 23.4 Å². The van der Waals surface area contributed by atoms with Gasteiger partial charge in [0.1, 0.15) is 12.5 Å². The number of hydrogen-bond donors (Lipinski definition) is 1. The van der Waals surface area contributed by atoms with E-state index < -0.39 is 5.97 Å². The number of hydrogen-bond acceptors (Lipinski definition) is 4. The molecule has 0 fully saturated rings. The first kappa shape index (κ1) is 24.6. The molecule has 1 aliphatic heterocycles. The molecule has 37 heavy (non-hydrogen) atoms. The predicted octanol–water partition coefficient (Wildman–Crippen LogP) is 7.14. The molecule has 1 N–H and O–H groups in total. The van der Waals surface area contributed by atoms with Crippen LogP contribution in [0.2, 0.25) is 10.0 Å². The summed E-state index contributed by atoms with van der Waals surface area (Å²) >= 11 is 12.5. The van der Waals surface area contributed by atoms with Gasteiger partial charge in [-0.1, -0.05) is 53.5 Å². The highest BCUT2D eigenvalue weighted by atomic mass is 35.5. The molecule has 0 spiro atoms. The topological polar surface area (TPSA) is 70.7 Å². The molecule has 0 radical (unpaired) electrons. The standard InChI is InChI=1S/C29H22Cl2N4O2/c30-23-9-12-25(26(31)16-23)27-18-35(17-21-2-7-22(8-3-21)29(36)37)28(33-27)13-6-20-4-10-24(11-5-20)34-15-1-14-32-19-34/h1-16,18H,17,19H2,(H,36,37)/b13-6+. The molecule has 8 heteroatoms. The number of aromatic carboxylic acids is 1. The lowest BCUT2D eigenvalue weighted by Gasteiger charge is -2.19. The Bertz CT molecular complexity index is 1520. The van der Waals surface area contributed by atoms with Crippen LogP contribution in [0.4, 0.5) is 5.69 Å². The number of halogens is 2. The fourth-order valence-electron chi connectivity index (χ4n) is 3.97. The Hall–Kier alpha value is -4.13. The average Bonchev–Trinajstić information content (AvgIpc) is 3.30. The van der Waals surface area contributed by atoms with E-state index in [4.69, 9.17) is 28.2 Å². The molecule has 4 aromatic rings. The van der Waals surface area contributed by atoms with Crippen molar-refractivity contribution in [3.05, 3.63) is 118 Å². The summed E-state index contributed by atoms with van der Waals surface area (Å²) in [6.45, 7) is 1.12. The molecule has 0 amide bonds. The quantitative estimate of drug-likeness (QED) is 0.276. The van der Waals surface area contributed by atoms with E-state index >= 15 is 0 Å².